The van der Waals surface area contributed by atoms with E-state index in [9.17, 15) is 13.2 Å². The average Bonchev–Trinajstić information content (AvgIpc) is 2.60. The zero-order valence-corrected chi connectivity index (χ0v) is 15.8. The van der Waals surface area contributed by atoms with Gasteiger partial charge in [-0.05, 0) is 37.0 Å². The van der Waals surface area contributed by atoms with Crippen LogP contribution < -0.4 is 16.2 Å². The minimum atomic E-state index is -3.27. The third-order valence-corrected chi connectivity index (χ3v) is 5.58. The summed E-state index contributed by atoms with van der Waals surface area (Å²) in [6.07, 6.45) is 3.32. The number of hydrazine groups is 1. The molecule has 0 aliphatic carbocycles. The van der Waals surface area contributed by atoms with Crippen LogP contribution in [0.2, 0.25) is 0 Å². The molecule has 25 heavy (non-hydrogen) atoms. The molecule has 0 bridgehead atoms. The number of nitrogens with zero attached hydrogens (tertiary/aromatic N) is 1. The minimum Gasteiger partial charge on any atom is -0.361 e. The van der Waals surface area contributed by atoms with E-state index in [0.29, 0.717) is 31.0 Å². The second-order valence-corrected chi connectivity index (χ2v) is 8.46. The highest BCUT2D eigenvalue weighted by atomic mass is 32.2. The predicted octanol–water partition coefficient (Wildman–Crippen LogP) is 0.396. The van der Waals surface area contributed by atoms with Gasteiger partial charge in [-0.2, -0.15) is 0 Å². The van der Waals surface area contributed by atoms with E-state index in [4.69, 9.17) is 12.2 Å². The maximum atomic E-state index is 12.2. The van der Waals surface area contributed by atoms with Gasteiger partial charge in [0, 0.05) is 19.6 Å². The van der Waals surface area contributed by atoms with E-state index >= 15 is 0 Å². The van der Waals surface area contributed by atoms with Crippen LogP contribution in [0.5, 0.6) is 0 Å². The minimum absolute atomic E-state index is 0.209. The third kappa shape index (κ3) is 6.60. The molecule has 1 saturated heterocycles. The second kappa shape index (κ2) is 9.12. The summed E-state index contributed by atoms with van der Waals surface area (Å²) >= 11 is 5.13. The Morgan fingerprint density at radius 1 is 1.28 bits per heavy atom. The van der Waals surface area contributed by atoms with E-state index in [0.717, 1.165) is 12.7 Å². The average molecular weight is 385 g/mol. The first-order valence-electron chi connectivity index (χ1n) is 8.19. The van der Waals surface area contributed by atoms with E-state index in [1.165, 1.54) is 9.87 Å². The zero-order chi connectivity index (χ0) is 18.3. The lowest BCUT2D eigenvalue weighted by atomic mass is 9.99. The van der Waals surface area contributed by atoms with E-state index in [-0.39, 0.29) is 18.4 Å². The van der Waals surface area contributed by atoms with Crippen molar-refractivity contribution in [3.05, 3.63) is 35.9 Å². The predicted molar refractivity (Wildman–Crippen MR) is 101 cm³/mol. The number of carbonyl (C=O) groups excluding carboxylic acids is 1. The van der Waals surface area contributed by atoms with Gasteiger partial charge in [0.1, 0.15) is 0 Å². The van der Waals surface area contributed by atoms with Crippen molar-refractivity contribution in [1.82, 2.24) is 20.5 Å². The number of hydrogen-bond donors (Lipinski definition) is 3. The Morgan fingerprint density at radius 2 is 2.00 bits per heavy atom. The molecule has 0 unspecified atom stereocenters. The highest BCUT2D eigenvalue weighted by Gasteiger charge is 2.30. The fourth-order valence-electron chi connectivity index (χ4n) is 2.69. The Labute approximate surface area is 154 Å². The number of hydrogen-bond acceptors (Lipinski definition) is 4. The van der Waals surface area contributed by atoms with Crippen LogP contribution in [0.4, 0.5) is 0 Å². The first kappa shape index (κ1) is 19.6. The summed E-state index contributed by atoms with van der Waals surface area (Å²) in [6, 6.07) is 10.0. The first-order valence-corrected chi connectivity index (χ1v) is 10.4. The number of thiocarbonyl (C=S) groups is 1. The summed E-state index contributed by atoms with van der Waals surface area (Å²) in [5.41, 5.74) is 6.43. The summed E-state index contributed by atoms with van der Waals surface area (Å²) in [7, 11) is -3.27. The fraction of sp³-hybridized carbons (Fsp3) is 0.500. The maximum Gasteiger partial charge on any atom is 0.242 e. The number of carbonyl (C=O) groups is 1. The molecule has 0 spiro atoms. The monoisotopic (exact) mass is 384 g/mol. The van der Waals surface area contributed by atoms with Gasteiger partial charge in [-0.3, -0.25) is 15.6 Å². The molecule has 1 fully saturated rings. The number of benzene rings is 1. The van der Waals surface area contributed by atoms with Crippen LogP contribution in [0.15, 0.2) is 30.3 Å². The summed E-state index contributed by atoms with van der Waals surface area (Å²) in [4.78, 5) is 12.2. The lowest BCUT2D eigenvalue weighted by Crippen LogP contribution is -2.52. The molecule has 2 rings (SSSR count). The van der Waals surface area contributed by atoms with Crippen LogP contribution in [0.25, 0.3) is 0 Å². The van der Waals surface area contributed by atoms with Gasteiger partial charge in [0.25, 0.3) is 0 Å². The van der Waals surface area contributed by atoms with E-state index in [1.54, 1.807) is 0 Å². The van der Waals surface area contributed by atoms with Crippen molar-refractivity contribution in [1.29, 1.82) is 0 Å². The summed E-state index contributed by atoms with van der Waals surface area (Å²) < 4.78 is 24.6. The van der Waals surface area contributed by atoms with Gasteiger partial charge in [0.2, 0.25) is 15.9 Å². The van der Waals surface area contributed by atoms with Crippen LogP contribution in [-0.4, -0.2) is 49.6 Å². The van der Waals surface area contributed by atoms with Crippen molar-refractivity contribution in [3.8, 4) is 0 Å². The van der Waals surface area contributed by atoms with Crippen molar-refractivity contribution in [2.24, 2.45) is 5.92 Å². The third-order valence-electron chi connectivity index (χ3n) is 4.07. The van der Waals surface area contributed by atoms with Gasteiger partial charge < -0.3 is 5.32 Å². The highest BCUT2D eigenvalue weighted by molar-refractivity contribution is 7.88. The molecule has 1 atom stereocenters. The molecule has 138 valence electrons. The van der Waals surface area contributed by atoms with Crippen molar-refractivity contribution in [2.75, 3.05) is 25.9 Å². The van der Waals surface area contributed by atoms with Crippen LogP contribution in [-0.2, 0) is 21.2 Å². The fourth-order valence-corrected chi connectivity index (χ4v) is 3.75. The van der Waals surface area contributed by atoms with Crippen LogP contribution in [0, 0.1) is 5.92 Å². The Bertz CT molecular complexity index is 695. The number of rotatable bonds is 5. The van der Waals surface area contributed by atoms with E-state index < -0.39 is 10.0 Å². The SMILES string of the molecule is CS(=O)(=O)N1CCC[C@H](C(=O)NNC(=S)NCCc2ccccc2)C1. The molecule has 1 aliphatic heterocycles. The first-order chi connectivity index (χ1) is 11.9. The lowest BCUT2D eigenvalue weighted by molar-refractivity contribution is -0.126. The molecule has 7 nitrogen and oxygen atoms in total. The van der Waals surface area contributed by atoms with E-state index in [2.05, 4.69) is 16.2 Å². The lowest BCUT2D eigenvalue weighted by Gasteiger charge is -2.30. The number of amides is 1. The Morgan fingerprint density at radius 3 is 2.68 bits per heavy atom. The van der Waals surface area contributed by atoms with Gasteiger partial charge >= 0.3 is 0 Å². The number of piperidine rings is 1. The number of sulfonamides is 1. The van der Waals surface area contributed by atoms with Crippen molar-refractivity contribution < 1.29 is 13.2 Å². The molecule has 1 aromatic carbocycles. The largest absolute Gasteiger partial charge is 0.361 e. The van der Waals surface area contributed by atoms with Gasteiger partial charge in [-0.15, -0.1) is 0 Å². The molecule has 0 aromatic heterocycles. The van der Waals surface area contributed by atoms with Crippen molar-refractivity contribution >= 4 is 33.3 Å². The summed E-state index contributed by atoms with van der Waals surface area (Å²) in [5.74, 6) is -0.622. The van der Waals surface area contributed by atoms with Gasteiger partial charge in [0.05, 0.1) is 12.2 Å². The molecule has 1 aliphatic rings. The summed E-state index contributed by atoms with van der Waals surface area (Å²) in [5, 5.41) is 3.36. The molecular formula is C16H24N4O3S2. The summed E-state index contributed by atoms with van der Waals surface area (Å²) in [6.45, 7) is 1.33. The second-order valence-electron chi connectivity index (χ2n) is 6.07. The van der Waals surface area contributed by atoms with Crippen LogP contribution in [0.3, 0.4) is 0 Å². The normalized spacial score (nSPS) is 18.4. The molecule has 3 N–H and O–H groups in total. The van der Waals surface area contributed by atoms with Crippen LogP contribution in [0.1, 0.15) is 18.4 Å². The maximum absolute atomic E-state index is 12.2. The molecular weight excluding hydrogens is 360 g/mol. The van der Waals surface area contributed by atoms with Crippen molar-refractivity contribution in [3.63, 3.8) is 0 Å². The molecule has 1 aromatic rings. The van der Waals surface area contributed by atoms with E-state index in [1.807, 2.05) is 30.3 Å². The molecule has 9 heteroatoms. The topological polar surface area (TPSA) is 90.5 Å². The Balaban J connectivity index is 1.69. The zero-order valence-electron chi connectivity index (χ0n) is 14.2. The molecule has 1 amide bonds. The van der Waals surface area contributed by atoms with Gasteiger partial charge in [-0.25, -0.2) is 12.7 Å². The van der Waals surface area contributed by atoms with Crippen LogP contribution >= 0.6 is 12.2 Å². The molecule has 1 heterocycles. The smallest absolute Gasteiger partial charge is 0.242 e. The number of nitrogens with one attached hydrogen (secondary N) is 3. The molecule has 0 radical (unpaired) electrons. The van der Waals surface area contributed by atoms with Crippen molar-refractivity contribution in [2.45, 2.75) is 19.3 Å². The quantitative estimate of drug-likeness (QED) is 0.503. The molecule has 0 saturated carbocycles. The standard InChI is InChI=1S/C16H24N4O3S2/c1-25(22,23)20-11-5-8-14(12-20)15(21)18-19-16(24)17-10-9-13-6-3-2-4-7-13/h2-4,6-7,14H,5,8-12H2,1H3,(H,18,21)(H2,17,19,24)/t14-/m0/s1. The van der Waals surface area contributed by atoms with Gasteiger partial charge in [0.15, 0.2) is 5.11 Å². The highest BCUT2D eigenvalue weighted by Crippen LogP contribution is 2.18. The Hall–Kier alpha value is -1.71. The van der Waals surface area contributed by atoms with Gasteiger partial charge in [-0.1, -0.05) is 30.3 Å². The Kier molecular flexibility index (Phi) is 7.15.